The molecule has 37 heavy (non-hydrogen) atoms. The summed E-state index contributed by atoms with van der Waals surface area (Å²) in [5, 5.41) is 2.88. The zero-order valence-corrected chi connectivity index (χ0v) is 20.7. The Morgan fingerprint density at radius 1 is 1.03 bits per heavy atom. The number of halogens is 1. The van der Waals surface area contributed by atoms with E-state index in [1.54, 1.807) is 18.2 Å². The number of nitrogens with two attached hydrogens (primary N) is 2. The van der Waals surface area contributed by atoms with Crippen molar-refractivity contribution in [3.63, 3.8) is 0 Å². The predicted molar refractivity (Wildman–Crippen MR) is 140 cm³/mol. The summed E-state index contributed by atoms with van der Waals surface area (Å²) in [4.78, 5) is 40.7. The Kier molecular flexibility index (Phi) is 7.59. The van der Waals surface area contributed by atoms with Gasteiger partial charge in [0.2, 0.25) is 5.91 Å². The second kappa shape index (κ2) is 11.0. The molecule has 0 radical (unpaired) electrons. The number of nitrogen functional groups attached to an aromatic ring is 1. The molecule has 0 fully saturated rings. The quantitative estimate of drug-likeness (QED) is 0.325. The Labute approximate surface area is 216 Å². The monoisotopic (exact) mass is 517 g/mol. The van der Waals surface area contributed by atoms with E-state index in [0.717, 1.165) is 22.7 Å². The fraction of sp³-hybridized carbons (Fsp3) is 0.111. The van der Waals surface area contributed by atoms with E-state index in [2.05, 4.69) is 9.69 Å². The van der Waals surface area contributed by atoms with Crippen LogP contribution >= 0.6 is 11.5 Å². The van der Waals surface area contributed by atoms with Crippen molar-refractivity contribution in [2.75, 3.05) is 10.6 Å². The third-order valence-corrected chi connectivity index (χ3v) is 6.51. The lowest BCUT2D eigenvalue weighted by Crippen LogP contribution is -2.44. The van der Waals surface area contributed by atoms with Gasteiger partial charge in [0.05, 0.1) is 5.69 Å². The number of carbonyl (C=O) groups excluding carboxylic acids is 3. The van der Waals surface area contributed by atoms with Gasteiger partial charge in [-0.15, -0.1) is 0 Å². The molecule has 3 amide bonds. The SMILES string of the molecule is Cc1cccc(N(C(=O)c2snc(C(N)=O)c2N)[C@H](C(=O)NCc2ccccc2)c2ccc(F)cc2)c1. The molecule has 0 saturated heterocycles. The number of aryl methyl sites for hydroxylation is 1. The first-order valence-electron chi connectivity index (χ1n) is 11.3. The van der Waals surface area contributed by atoms with Crippen LogP contribution in [-0.2, 0) is 11.3 Å². The Balaban J connectivity index is 1.83. The molecule has 0 spiro atoms. The van der Waals surface area contributed by atoms with Crippen LogP contribution in [0.15, 0.2) is 78.9 Å². The highest BCUT2D eigenvalue weighted by Crippen LogP contribution is 2.33. The molecule has 1 atom stereocenters. The van der Waals surface area contributed by atoms with Crippen molar-refractivity contribution in [2.24, 2.45) is 5.73 Å². The predicted octanol–water partition coefficient (Wildman–Crippen LogP) is 3.98. The largest absolute Gasteiger partial charge is 0.395 e. The van der Waals surface area contributed by atoms with E-state index >= 15 is 0 Å². The standard InChI is InChI=1S/C27H24FN5O3S/c1-16-6-5-9-20(14-16)33(27(36)24-21(29)22(25(30)34)32-37-24)23(18-10-12-19(28)13-11-18)26(35)31-15-17-7-3-2-4-8-17/h2-14,23H,15,29H2,1H3,(H2,30,34)(H,31,35)/t23-/m0/s1. The van der Waals surface area contributed by atoms with Crippen LogP contribution in [0.1, 0.15) is 42.9 Å². The molecule has 8 nitrogen and oxygen atoms in total. The van der Waals surface area contributed by atoms with Gasteiger partial charge in [0.25, 0.3) is 11.8 Å². The Bertz CT molecular complexity index is 1440. The Morgan fingerprint density at radius 3 is 2.35 bits per heavy atom. The number of anilines is 2. The van der Waals surface area contributed by atoms with Gasteiger partial charge in [-0.2, -0.15) is 4.37 Å². The first-order chi connectivity index (χ1) is 17.8. The minimum absolute atomic E-state index is 0.0433. The summed E-state index contributed by atoms with van der Waals surface area (Å²) in [6.45, 7) is 2.06. The number of amides is 3. The van der Waals surface area contributed by atoms with Gasteiger partial charge in [0.15, 0.2) is 5.69 Å². The highest BCUT2D eigenvalue weighted by molar-refractivity contribution is 7.09. The van der Waals surface area contributed by atoms with Crippen LogP contribution in [0.4, 0.5) is 15.8 Å². The molecule has 1 aromatic heterocycles. The first-order valence-corrected chi connectivity index (χ1v) is 12.1. The van der Waals surface area contributed by atoms with E-state index in [4.69, 9.17) is 11.5 Å². The van der Waals surface area contributed by atoms with Gasteiger partial charge in [-0.1, -0.05) is 54.6 Å². The maximum Gasteiger partial charge on any atom is 0.273 e. The van der Waals surface area contributed by atoms with Crippen LogP contribution in [-0.4, -0.2) is 22.1 Å². The van der Waals surface area contributed by atoms with Crippen LogP contribution in [0, 0.1) is 12.7 Å². The Morgan fingerprint density at radius 2 is 1.73 bits per heavy atom. The van der Waals surface area contributed by atoms with Crippen LogP contribution in [0.3, 0.4) is 0 Å². The number of hydrogen-bond donors (Lipinski definition) is 3. The number of rotatable bonds is 8. The average molecular weight is 518 g/mol. The second-order valence-corrected chi connectivity index (χ2v) is 9.08. The molecule has 0 aliphatic carbocycles. The van der Waals surface area contributed by atoms with E-state index in [9.17, 15) is 18.8 Å². The third-order valence-electron chi connectivity index (χ3n) is 5.66. The van der Waals surface area contributed by atoms with Crippen LogP contribution < -0.4 is 21.7 Å². The summed E-state index contributed by atoms with van der Waals surface area (Å²) in [5.74, 6) is -2.51. The maximum atomic E-state index is 14.0. The highest BCUT2D eigenvalue weighted by Gasteiger charge is 2.36. The van der Waals surface area contributed by atoms with Gasteiger partial charge in [0.1, 0.15) is 16.7 Å². The molecule has 188 valence electrons. The lowest BCUT2D eigenvalue weighted by molar-refractivity contribution is -0.122. The fourth-order valence-corrected chi connectivity index (χ4v) is 4.59. The van der Waals surface area contributed by atoms with Crippen molar-refractivity contribution in [1.29, 1.82) is 0 Å². The molecule has 0 bridgehead atoms. The molecule has 5 N–H and O–H groups in total. The van der Waals surface area contributed by atoms with Gasteiger partial charge in [-0.3, -0.25) is 19.3 Å². The summed E-state index contributed by atoms with van der Waals surface area (Å²) in [7, 11) is 0. The Hall–Kier alpha value is -4.57. The van der Waals surface area contributed by atoms with Gasteiger partial charge in [-0.05, 0) is 59.4 Å². The normalized spacial score (nSPS) is 11.5. The van der Waals surface area contributed by atoms with Gasteiger partial charge in [-0.25, -0.2) is 4.39 Å². The number of nitrogens with one attached hydrogen (secondary N) is 1. The van der Waals surface area contributed by atoms with Gasteiger partial charge in [0, 0.05) is 12.2 Å². The molecule has 0 saturated carbocycles. The molecule has 10 heteroatoms. The molecular formula is C27H24FN5O3S. The smallest absolute Gasteiger partial charge is 0.273 e. The van der Waals surface area contributed by atoms with Crippen molar-refractivity contribution in [1.82, 2.24) is 9.69 Å². The third kappa shape index (κ3) is 5.65. The number of hydrogen-bond acceptors (Lipinski definition) is 6. The molecule has 1 heterocycles. The number of benzene rings is 3. The number of aromatic nitrogens is 1. The van der Waals surface area contributed by atoms with Crippen molar-refractivity contribution in [2.45, 2.75) is 19.5 Å². The van der Waals surface area contributed by atoms with E-state index in [1.807, 2.05) is 43.3 Å². The van der Waals surface area contributed by atoms with Crippen molar-refractivity contribution >= 4 is 40.6 Å². The van der Waals surface area contributed by atoms with Crippen molar-refractivity contribution in [3.05, 3.63) is 112 Å². The maximum absolute atomic E-state index is 14.0. The highest BCUT2D eigenvalue weighted by atomic mass is 32.1. The summed E-state index contributed by atoms with van der Waals surface area (Å²) >= 11 is 0.718. The first kappa shape index (κ1) is 25.5. The number of primary amides is 1. The molecular weight excluding hydrogens is 493 g/mol. The lowest BCUT2D eigenvalue weighted by Gasteiger charge is -2.31. The number of carbonyl (C=O) groups is 3. The lowest BCUT2D eigenvalue weighted by atomic mass is 10.0. The topological polar surface area (TPSA) is 131 Å². The molecule has 4 aromatic rings. The van der Waals surface area contributed by atoms with Crippen LogP contribution in [0.25, 0.3) is 0 Å². The zero-order chi connectivity index (χ0) is 26.5. The average Bonchev–Trinajstić information content (AvgIpc) is 3.28. The van der Waals surface area contributed by atoms with Gasteiger partial charge < -0.3 is 16.8 Å². The summed E-state index contributed by atoms with van der Waals surface area (Å²) in [6.07, 6.45) is 0. The van der Waals surface area contributed by atoms with Crippen molar-refractivity contribution < 1.29 is 18.8 Å². The van der Waals surface area contributed by atoms with E-state index in [-0.39, 0.29) is 22.8 Å². The van der Waals surface area contributed by atoms with Crippen LogP contribution in [0.5, 0.6) is 0 Å². The van der Waals surface area contributed by atoms with Gasteiger partial charge >= 0.3 is 0 Å². The second-order valence-electron chi connectivity index (χ2n) is 8.31. The van der Waals surface area contributed by atoms with Crippen LogP contribution in [0.2, 0.25) is 0 Å². The number of nitrogens with zero attached hydrogens (tertiary/aromatic N) is 2. The molecule has 3 aromatic carbocycles. The van der Waals surface area contributed by atoms with Crippen molar-refractivity contribution in [3.8, 4) is 0 Å². The molecule has 0 aliphatic rings. The summed E-state index contributed by atoms with van der Waals surface area (Å²) in [6, 6.07) is 20.4. The van der Waals surface area contributed by atoms with E-state index in [0.29, 0.717) is 11.3 Å². The molecule has 0 unspecified atom stereocenters. The van der Waals surface area contributed by atoms with E-state index < -0.39 is 29.6 Å². The summed E-state index contributed by atoms with van der Waals surface area (Å²) < 4.78 is 17.7. The molecule has 0 aliphatic heterocycles. The van der Waals surface area contributed by atoms with E-state index in [1.165, 1.54) is 29.2 Å². The fourth-order valence-electron chi connectivity index (χ4n) is 3.84. The zero-order valence-electron chi connectivity index (χ0n) is 19.9. The minimum atomic E-state index is -1.20. The summed E-state index contributed by atoms with van der Waals surface area (Å²) in [5.41, 5.74) is 13.5. The molecule has 4 rings (SSSR count). The minimum Gasteiger partial charge on any atom is -0.395 e.